The van der Waals surface area contributed by atoms with Gasteiger partial charge in [-0.05, 0) is 26.2 Å². The van der Waals surface area contributed by atoms with Gasteiger partial charge in [0.15, 0.2) is 0 Å². The molecule has 2 heterocycles. The molecule has 2 rings (SSSR count). The standard InChI is InChI=1S/C13H19N3O2/c1-10-12(8-18-11(2)17)14-9-15-13(10)16-6-4-3-5-7-16/h9H,3-8H2,1-2H3. The van der Waals surface area contributed by atoms with Crippen LogP contribution in [0, 0.1) is 6.92 Å². The molecule has 0 unspecified atom stereocenters. The molecule has 0 spiro atoms. The summed E-state index contributed by atoms with van der Waals surface area (Å²) in [5.41, 5.74) is 1.81. The second kappa shape index (κ2) is 5.80. The zero-order valence-electron chi connectivity index (χ0n) is 11.0. The van der Waals surface area contributed by atoms with Crippen molar-refractivity contribution in [1.29, 1.82) is 0 Å². The molecule has 0 aromatic carbocycles. The Morgan fingerprint density at radius 3 is 2.72 bits per heavy atom. The molecule has 5 nitrogen and oxygen atoms in total. The Morgan fingerprint density at radius 1 is 1.33 bits per heavy atom. The largest absolute Gasteiger partial charge is 0.459 e. The number of carbonyl (C=O) groups excluding carboxylic acids is 1. The zero-order chi connectivity index (χ0) is 13.0. The molecule has 1 aromatic heterocycles. The Hall–Kier alpha value is -1.65. The van der Waals surface area contributed by atoms with Crippen molar-refractivity contribution in [2.45, 2.75) is 39.7 Å². The van der Waals surface area contributed by atoms with E-state index in [1.807, 2.05) is 6.92 Å². The van der Waals surface area contributed by atoms with E-state index in [1.54, 1.807) is 6.33 Å². The van der Waals surface area contributed by atoms with E-state index in [-0.39, 0.29) is 12.6 Å². The average molecular weight is 249 g/mol. The van der Waals surface area contributed by atoms with Gasteiger partial charge in [-0.25, -0.2) is 9.97 Å². The van der Waals surface area contributed by atoms with Crippen LogP contribution in [0.15, 0.2) is 6.33 Å². The predicted molar refractivity (Wildman–Crippen MR) is 68.3 cm³/mol. The van der Waals surface area contributed by atoms with Gasteiger partial charge in [-0.3, -0.25) is 4.79 Å². The molecule has 0 radical (unpaired) electrons. The monoisotopic (exact) mass is 249 g/mol. The van der Waals surface area contributed by atoms with Crippen molar-refractivity contribution in [2.24, 2.45) is 0 Å². The molecule has 1 aliphatic rings. The van der Waals surface area contributed by atoms with E-state index in [2.05, 4.69) is 14.9 Å². The van der Waals surface area contributed by atoms with Crippen LogP contribution in [-0.2, 0) is 16.1 Å². The molecule has 0 aliphatic carbocycles. The molecule has 1 saturated heterocycles. The summed E-state index contributed by atoms with van der Waals surface area (Å²) in [6, 6.07) is 0. The molecule has 0 amide bonds. The SMILES string of the molecule is CC(=O)OCc1ncnc(N2CCCCC2)c1C. The van der Waals surface area contributed by atoms with Crippen molar-refractivity contribution in [2.75, 3.05) is 18.0 Å². The number of esters is 1. The number of rotatable bonds is 3. The quantitative estimate of drug-likeness (QED) is 0.765. The first-order valence-corrected chi connectivity index (χ1v) is 6.37. The van der Waals surface area contributed by atoms with E-state index in [9.17, 15) is 4.79 Å². The summed E-state index contributed by atoms with van der Waals surface area (Å²) >= 11 is 0. The van der Waals surface area contributed by atoms with Crippen LogP contribution in [0.2, 0.25) is 0 Å². The van der Waals surface area contributed by atoms with Crippen molar-refractivity contribution in [3.05, 3.63) is 17.6 Å². The van der Waals surface area contributed by atoms with Crippen LogP contribution in [-0.4, -0.2) is 29.0 Å². The molecule has 0 saturated carbocycles. The lowest BCUT2D eigenvalue weighted by Crippen LogP contribution is -2.31. The van der Waals surface area contributed by atoms with Gasteiger partial charge in [0.25, 0.3) is 0 Å². The fraction of sp³-hybridized carbons (Fsp3) is 0.615. The molecule has 0 atom stereocenters. The Kier molecular flexibility index (Phi) is 4.12. The lowest BCUT2D eigenvalue weighted by Gasteiger charge is -2.29. The third-order valence-electron chi connectivity index (χ3n) is 3.23. The highest BCUT2D eigenvalue weighted by Crippen LogP contribution is 2.22. The van der Waals surface area contributed by atoms with E-state index in [1.165, 1.54) is 26.2 Å². The number of hydrogen-bond donors (Lipinski definition) is 0. The second-order valence-electron chi connectivity index (χ2n) is 4.60. The zero-order valence-corrected chi connectivity index (χ0v) is 11.0. The van der Waals surface area contributed by atoms with E-state index in [4.69, 9.17) is 4.74 Å². The van der Waals surface area contributed by atoms with Crippen molar-refractivity contribution in [3.8, 4) is 0 Å². The maximum atomic E-state index is 10.8. The molecule has 0 bridgehead atoms. The van der Waals surface area contributed by atoms with E-state index >= 15 is 0 Å². The minimum absolute atomic E-state index is 0.227. The van der Waals surface area contributed by atoms with E-state index in [0.29, 0.717) is 0 Å². The van der Waals surface area contributed by atoms with Gasteiger partial charge in [-0.15, -0.1) is 0 Å². The maximum absolute atomic E-state index is 10.8. The maximum Gasteiger partial charge on any atom is 0.303 e. The van der Waals surface area contributed by atoms with Gasteiger partial charge in [-0.2, -0.15) is 0 Å². The Balaban J connectivity index is 2.15. The highest BCUT2D eigenvalue weighted by molar-refractivity contribution is 5.66. The van der Waals surface area contributed by atoms with E-state index in [0.717, 1.165) is 30.2 Å². The van der Waals surface area contributed by atoms with Gasteiger partial charge >= 0.3 is 5.97 Å². The minimum atomic E-state index is -0.285. The lowest BCUT2D eigenvalue weighted by molar-refractivity contribution is -0.142. The smallest absolute Gasteiger partial charge is 0.303 e. The number of carbonyl (C=O) groups is 1. The predicted octanol–water partition coefficient (Wildman–Crippen LogP) is 1.84. The number of hydrogen-bond acceptors (Lipinski definition) is 5. The third-order valence-corrected chi connectivity index (χ3v) is 3.23. The van der Waals surface area contributed by atoms with Crippen LogP contribution >= 0.6 is 0 Å². The highest BCUT2D eigenvalue weighted by Gasteiger charge is 2.16. The molecule has 98 valence electrons. The third kappa shape index (κ3) is 2.97. The van der Waals surface area contributed by atoms with Gasteiger partial charge in [0, 0.05) is 25.6 Å². The molecule has 5 heteroatoms. The molecule has 1 aliphatic heterocycles. The van der Waals surface area contributed by atoms with Crippen LogP contribution in [0.1, 0.15) is 37.4 Å². The molecular formula is C13H19N3O2. The van der Waals surface area contributed by atoms with Crippen LogP contribution in [0.25, 0.3) is 0 Å². The van der Waals surface area contributed by atoms with Gasteiger partial charge in [0.1, 0.15) is 18.8 Å². The summed E-state index contributed by atoms with van der Waals surface area (Å²) in [5, 5.41) is 0. The Morgan fingerprint density at radius 2 is 2.06 bits per heavy atom. The summed E-state index contributed by atoms with van der Waals surface area (Å²) in [6.45, 7) is 5.71. The van der Waals surface area contributed by atoms with Gasteiger partial charge in [-0.1, -0.05) is 0 Å². The summed E-state index contributed by atoms with van der Waals surface area (Å²) in [5.74, 6) is 0.694. The van der Waals surface area contributed by atoms with Gasteiger partial charge in [0.2, 0.25) is 0 Å². The molecular weight excluding hydrogens is 230 g/mol. The summed E-state index contributed by atoms with van der Waals surface area (Å²) in [7, 11) is 0. The molecule has 1 aromatic rings. The first-order valence-electron chi connectivity index (χ1n) is 6.37. The number of ether oxygens (including phenoxy) is 1. The highest BCUT2D eigenvalue weighted by atomic mass is 16.5. The first-order chi connectivity index (χ1) is 8.68. The fourth-order valence-electron chi connectivity index (χ4n) is 2.22. The van der Waals surface area contributed by atoms with Crippen LogP contribution < -0.4 is 4.90 Å². The summed E-state index contributed by atoms with van der Waals surface area (Å²) in [4.78, 5) is 21.7. The van der Waals surface area contributed by atoms with Gasteiger partial charge < -0.3 is 9.64 Å². The Bertz CT molecular complexity index is 428. The average Bonchev–Trinajstić information content (AvgIpc) is 2.38. The lowest BCUT2D eigenvalue weighted by atomic mass is 10.1. The van der Waals surface area contributed by atoms with Crippen LogP contribution in [0.4, 0.5) is 5.82 Å². The fourth-order valence-corrected chi connectivity index (χ4v) is 2.22. The Labute approximate surface area is 107 Å². The van der Waals surface area contributed by atoms with Crippen LogP contribution in [0.3, 0.4) is 0 Å². The van der Waals surface area contributed by atoms with Gasteiger partial charge in [0.05, 0.1) is 5.69 Å². The van der Waals surface area contributed by atoms with Crippen molar-refractivity contribution in [3.63, 3.8) is 0 Å². The minimum Gasteiger partial charge on any atom is -0.459 e. The molecule has 0 N–H and O–H groups in total. The molecule has 18 heavy (non-hydrogen) atoms. The van der Waals surface area contributed by atoms with Crippen molar-refractivity contribution >= 4 is 11.8 Å². The van der Waals surface area contributed by atoms with Crippen molar-refractivity contribution < 1.29 is 9.53 Å². The summed E-state index contributed by atoms with van der Waals surface area (Å²) < 4.78 is 5.00. The van der Waals surface area contributed by atoms with Crippen LogP contribution in [0.5, 0.6) is 0 Å². The number of piperidine rings is 1. The number of anilines is 1. The molecule has 1 fully saturated rings. The number of aromatic nitrogens is 2. The normalized spacial score (nSPS) is 15.6. The topological polar surface area (TPSA) is 55.3 Å². The second-order valence-corrected chi connectivity index (χ2v) is 4.60. The first kappa shape index (κ1) is 12.8. The van der Waals surface area contributed by atoms with Crippen molar-refractivity contribution in [1.82, 2.24) is 9.97 Å². The summed E-state index contributed by atoms with van der Waals surface area (Å²) in [6.07, 6.45) is 5.27. The number of nitrogens with zero attached hydrogens (tertiary/aromatic N) is 3. The van der Waals surface area contributed by atoms with E-state index < -0.39 is 0 Å².